The van der Waals surface area contributed by atoms with Crippen molar-refractivity contribution in [2.24, 2.45) is 5.92 Å². The first kappa shape index (κ1) is 15.3. The highest BCUT2D eigenvalue weighted by atomic mass is 32.2. The Kier molecular flexibility index (Phi) is 5.05. The normalized spacial score (nSPS) is 18.4. The van der Waals surface area contributed by atoms with Crippen LogP contribution >= 0.6 is 0 Å². The van der Waals surface area contributed by atoms with Crippen molar-refractivity contribution in [3.05, 3.63) is 29.8 Å². The van der Waals surface area contributed by atoms with Crippen LogP contribution in [0.3, 0.4) is 0 Å². The molecule has 1 N–H and O–H groups in total. The molecule has 0 bridgehead atoms. The number of anilines is 1. The van der Waals surface area contributed by atoms with Crippen molar-refractivity contribution in [1.82, 2.24) is 5.32 Å². The summed E-state index contributed by atoms with van der Waals surface area (Å²) in [6.07, 6.45) is 0. The van der Waals surface area contributed by atoms with Crippen LogP contribution in [0.1, 0.15) is 19.4 Å². The molecule has 0 spiro atoms. The smallest absolute Gasteiger partial charge is 0.153 e. The number of benzene rings is 1. The molecule has 0 atom stereocenters. The molecule has 0 aromatic heterocycles. The Hall–Kier alpha value is -1.07. The van der Waals surface area contributed by atoms with Crippen molar-refractivity contribution in [3.8, 4) is 0 Å². The lowest BCUT2D eigenvalue weighted by atomic mass is 10.1. The van der Waals surface area contributed by atoms with Crippen LogP contribution < -0.4 is 10.2 Å². The zero-order valence-electron chi connectivity index (χ0n) is 12.3. The monoisotopic (exact) mass is 296 g/mol. The van der Waals surface area contributed by atoms with Gasteiger partial charge in [0.2, 0.25) is 0 Å². The SMILES string of the molecule is CC(C)CNCc1ccccc1N1CCS(=O)(=O)CC1. The van der Waals surface area contributed by atoms with Gasteiger partial charge in [0.15, 0.2) is 9.84 Å². The molecule has 5 heteroatoms. The summed E-state index contributed by atoms with van der Waals surface area (Å²) in [7, 11) is -2.82. The van der Waals surface area contributed by atoms with Gasteiger partial charge in [-0.1, -0.05) is 32.0 Å². The van der Waals surface area contributed by atoms with Crippen molar-refractivity contribution < 1.29 is 8.42 Å². The average molecular weight is 296 g/mol. The highest BCUT2D eigenvalue weighted by Gasteiger charge is 2.22. The second-order valence-electron chi connectivity index (χ2n) is 5.79. The summed E-state index contributed by atoms with van der Waals surface area (Å²) in [5, 5.41) is 3.45. The molecule has 1 heterocycles. The van der Waals surface area contributed by atoms with E-state index in [1.54, 1.807) is 0 Å². The second kappa shape index (κ2) is 6.59. The first-order chi connectivity index (χ1) is 9.48. The summed E-state index contributed by atoms with van der Waals surface area (Å²) in [5.41, 5.74) is 2.41. The Morgan fingerprint density at radius 2 is 1.85 bits per heavy atom. The van der Waals surface area contributed by atoms with Gasteiger partial charge in [-0.25, -0.2) is 8.42 Å². The van der Waals surface area contributed by atoms with Crippen LogP contribution in [0.4, 0.5) is 5.69 Å². The van der Waals surface area contributed by atoms with Crippen LogP contribution in [0, 0.1) is 5.92 Å². The van der Waals surface area contributed by atoms with Gasteiger partial charge in [0, 0.05) is 25.3 Å². The Labute approximate surface area is 122 Å². The third-order valence-electron chi connectivity index (χ3n) is 3.54. The largest absolute Gasteiger partial charge is 0.369 e. The molecule has 0 unspecified atom stereocenters. The van der Waals surface area contributed by atoms with Crippen molar-refractivity contribution in [2.45, 2.75) is 20.4 Å². The van der Waals surface area contributed by atoms with E-state index in [0.717, 1.165) is 13.1 Å². The lowest BCUT2D eigenvalue weighted by Crippen LogP contribution is -2.40. The minimum atomic E-state index is -2.82. The molecule has 20 heavy (non-hydrogen) atoms. The first-order valence-electron chi connectivity index (χ1n) is 7.22. The van der Waals surface area contributed by atoms with Crippen LogP contribution in [0.25, 0.3) is 0 Å². The number of nitrogens with zero attached hydrogens (tertiary/aromatic N) is 1. The fourth-order valence-electron chi connectivity index (χ4n) is 2.42. The number of para-hydroxylation sites is 1. The molecule has 112 valence electrons. The van der Waals surface area contributed by atoms with E-state index < -0.39 is 9.84 Å². The average Bonchev–Trinajstić information content (AvgIpc) is 2.39. The number of hydrogen-bond acceptors (Lipinski definition) is 4. The summed E-state index contributed by atoms with van der Waals surface area (Å²) in [4.78, 5) is 2.19. The molecule has 0 radical (unpaired) electrons. The Balaban J connectivity index is 2.04. The topological polar surface area (TPSA) is 49.4 Å². The van der Waals surface area contributed by atoms with E-state index in [1.807, 2.05) is 12.1 Å². The van der Waals surface area contributed by atoms with Crippen molar-refractivity contribution in [1.29, 1.82) is 0 Å². The van der Waals surface area contributed by atoms with Crippen molar-refractivity contribution in [2.75, 3.05) is 36.0 Å². The molecule has 1 aliphatic rings. The van der Waals surface area contributed by atoms with E-state index >= 15 is 0 Å². The third-order valence-corrected chi connectivity index (χ3v) is 5.15. The van der Waals surface area contributed by atoms with E-state index in [1.165, 1.54) is 11.3 Å². The van der Waals surface area contributed by atoms with Gasteiger partial charge >= 0.3 is 0 Å². The quantitative estimate of drug-likeness (QED) is 0.898. The molecule has 1 aromatic carbocycles. The third kappa shape index (κ3) is 4.21. The van der Waals surface area contributed by atoms with E-state index in [2.05, 4.69) is 36.2 Å². The Morgan fingerprint density at radius 3 is 2.50 bits per heavy atom. The maximum Gasteiger partial charge on any atom is 0.153 e. The zero-order valence-corrected chi connectivity index (χ0v) is 13.1. The maximum atomic E-state index is 11.5. The molecule has 1 aromatic rings. The van der Waals surface area contributed by atoms with Crippen molar-refractivity contribution in [3.63, 3.8) is 0 Å². The van der Waals surface area contributed by atoms with Gasteiger partial charge in [-0.3, -0.25) is 0 Å². The van der Waals surface area contributed by atoms with E-state index in [9.17, 15) is 8.42 Å². The summed E-state index contributed by atoms with van der Waals surface area (Å²) in [5.74, 6) is 1.16. The fourth-order valence-corrected chi connectivity index (χ4v) is 3.62. The molecule has 0 aliphatic carbocycles. The maximum absolute atomic E-state index is 11.5. The Bertz CT molecular complexity index is 527. The first-order valence-corrected chi connectivity index (χ1v) is 9.04. The van der Waals surface area contributed by atoms with E-state index in [0.29, 0.717) is 19.0 Å². The van der Waals surface area contributed by atoms with Crippen molar-refractivity contribution >= 4 is 15.5 Å². The lowest BCUT2D eigenvalue weighted by Gasteiger charge is -2.30. The second-order valence-corrected chi connectivity index (χ2v) is 8.10. The molecule has 4 nitrogen and oxygen atoms in total. The van der Waals surface area contributed by atoms with E-state index in [4.69, 9.17) is 0 Å². The summed E-state index contributed by atoms with van der Waals surface area (Å²) in [6.45, 7) is 7.40. The molecule has 0 saturated carbocycles. The molecule has 1 aliphatic heterocycles. The summed E-state index contributed by atoms with van der Waals surface area (Å²) in [6, 6.07) is 8.26. The zero-order chi connectivity index (χ0) is 14.6. The minimum Gasteiger partial charge on any atom is -0.369 e. The van der Waals surface area contributed by atoms with Crippen LogP contribution in [0.2, 0.25) is 0 Å². The predicted molar refractivity (Wildman–Crippen MR) is 83.9 cm³/mol. The standard InChI is InChI=1S/C15H24N2O2S/c1-13(2)11-16-12-14-5-3-4-6-15(14)17-7-9-20(18,19)10-8-17/h3-6,13,16H,7-12H2,1-2H3. The minimum absolute atomic E-state index is 0.265. The van der Waals surface area contributed by atoms with Gasteiger partial charge in [-0.15, -0.1) is 0 Å². The van der Waals surface area contributed by atoms with Gasteiger partial charge in [-0.05, 0) is 24.1 Å². The highest BCUT2D eigenvalue weighted by Crippen LogP contribution is 2.22. The molecule has 1 saturated heterocycles. The summed E-state index contributed by atoms with van der Waals surface area (Å²) < 4.78 is 23.0. The number of rotatable bonds is 5. The molecular formula is C15H24N2O2S. The Morgan fingerprint density at radius 1 is 1.20 bits per heavy atom. The van der Waals surface area contributed by atoms with Crippen LogP contribution in [0.15, 0.2) is 24.3 Å². The van der Waals surface area contributed by atoms with Gasteiger partial charge in [0.1, 0.15) is 0 Å². The molecule has 2 rings (SSSR count). The molecule has 1 fully saturated rings. The van der Waals surface area contributed by atoms with Gasteiger partial charge in [0.05, 0.1) is 11.5 Å². The van der Waals surface area contributed by atoms with Gasteiger partial charge in [0.25, 0.3) is 0 Å². The molecule has 0 amide bonds. The molecular weight excluding hydrogens is 272 g/mol. The van der Waals surface area contributed by atoms with Crippen LogP contribution in [-0.2, 0) is 16.4 Å². The van der Waals surface area contributed by atoms with Gasteiger partial charge in [-0.2, -0.15) is 0 Å². The van der Waals surface area contributed by atoms with Crippen LogP contribution in [-0.4, -0.2) is 39.6 Å². The number of hydrogen-bond donors (Lipinski definition) is 1. The predicted octanol–water partition coefficient (Wildman–Crippen LogP) is 1.67. The lowest BCUT2D eigenvalue weighted by molar-refractivity contribution is 0.551. The highest BCUT2D eigenvalue weighted by molar-refractivity contribution is 7.91. The van der Waals surface area contributed by atoms with Gasteiger partial charge < -0.3 is 10.2 Å². The van der Waals surface area contributed by atoms with Crippen LogP contribution in [0.5, 0.6) is 0 Å². The summed E-state index contributed by atoms with van der Waals surface area (Å²) >= 11 is 0. The number of sulfone groups is 1. The number of nitrogens with one attached hydrogen (secondary N) is 1. The van der Waals surface area contributed by atoms with E-state index in [-0.39, 0.29) is 11.5 Å². The fraction of sp³-hybridized carbons (Fsp3) is 0.600.